The van der Waals surface area contributed by atoms with Crippen molar-refractivity contribution in [2.24, 2.45) is 0 Å². The van der Waals surface area contributed by atoms with Crippen LogP contribution in [0.3, 0.4) is 0 Å². The van der Waals surface area contributed by atoms with Crippen LogP contribution in [0.15, 0.2) is 36.4 Å². The fraction of sp³-hybridized carbons (Fsp3) is 0.545. The van der Waals surface area contributed by atoms with E-state index in [9.17, 15) is 19.5 Å². The largest absolute Gasteiger partial charge is 0.444 e. The quantitative estimate of drug-likeness (QED) is 0.202. The van der Waals surface area contributed by atoms with Crippen LogP contribution in [0, 0.1) is 20.8 Å². The summed E-state index contributed by atoms with van der Waals surface area (Å²) in [6.07, 6.45) is 5.06. The average molecular weight is 602 g/mol. The molecular weight excluding hydrogens is 554 g/mol. The normalized spacial score (nSPS) is 12.8. The van der Waals surface area contributed by atoms with Crippen LogP contribution in [-0.2, 0) is 14.3 Å². The summed E-state index contributed by atoms with van der Waals surface area (Å²) in [5, 5.41) is 16.0. The minimum Gasteiger partial charge on any atom is -0.444 e. The minimum absolute atomic E-state index is 0.254. The first-order chi connectivity index (χ1) is 19.8. The number of hydrogen-bond donors (Lipinski definition) is 3. The number of amides is 3. The van der Waals surface area contributed by atoms with Crippen LogP contribution in [0.25, 0.3) is 0 Å². The SMILES string of the molecule is CCCCCCCCN(C(=O)C(CO)NC(=O)OC(C)(C)C)C(C(=O)Nc1c(C)cccc1Cl)c1ccc(C)c(C)c1. The molecule has 3 amide bonds. The standard InChI is InChI=1S/C33H48ClN3O5/c1-8-9-10-11-12-13-19-37(31(40)27(21-38)35-32(41)42-33(5,6)7)29(25-18-17-22(2)24(4)20-25)30(39)36-28-23(3)15-14-16-26(28)34/h14-18,20,27,29,38H,8-13,19,21H2,1-7H3,(H,35,41)(H,36,39). The molecule has 42 heavy (non-hydrogen) atoms. The highest BCUT2D eigenvalue weighted by Gasteiger charge is 2.36. The number of hydrogen-bond acceptors (Lipinski definition) is 5. The minimum atomic E-state index is -1.30. The molecular formula is C33H48ClN3O5. The lowest BCUT2D eigenvalue weighted by Crippen LogP contribution is -2.54. The van der Waals surface area contributed by atoms with Gasteiger partial charge in [-0.05, 0) is 76.3 Å². The van der Waals surface area contributed by atoms with Gasteiger partial charge in [0, 0.05) is 6.54 Å². The Kier molecular flexibility index (Phi) is 13.8. The fourth-order valence-corrected chi connectivity index (χ4v) is 4.92. The summed E-state index contributed by atoms with van der Waals surface area (Å²) < 4.78 is 5.34. The Hall–Kier alpha value is -3.10. The summed E-state index contributed by atoms with van der Waals surface area (Å²) in [5.41, 5.74) is 3.10. The van der Waals surface area contributed by atoms with Crippen LogP contribution in [0.2, 0.25) is 5.02 Å². The Bertz CT molecular complexity index is 1190. The summed E-state index contributed by atoms with van der Waals surface area (Å²) in [6.45, 7) is 12.7. The molecule has 3 N–H and O–H groups in total. The van der Waals surface area contributed by atoms with Gasteiger partial charge in [-0.15, -0.1) is 0 Å². The zero-order chi connectivity index (χ0) is 31.4. The van der Waals surface area contributed by atoms with Crippen molar-refractivity contribution >= 4 is 35.2 Å². The van der Waals surface area contributed by atoms with Gasteiger partial charge in [0.05, 0.1) is 17.3 Å². The van der Waals surface area contributed by atoms with Crippen molar-refractivity contribution in [1.82, 2.24) is 10.2 Å². The van der Waals surface area contributed by atoms with E-state index in [1.165, 1.54) is 4.90 Å². The van der Waals surface area contributed by atoms with Crippen LogP contribution in [0.1, 0.15) is 94.5 Å². The molecule has 2 rings (SSSR count). The summed E-state index contributed by atoms with van der Waals surface area (Å²) in [6, 6.07) is 8.65. The number of aliphatic hydroxyl groups excluding tert-OH is 1. The van der Waals surface area contributed by atoms with Crippen LogP contribution in [-0.4, -0.2) is 52.7 Å². The van der Waals surface area contributed by atoms with Crippen molar-refractivity contribution in [2.45, 2.75) is 105 Å². The van der Waals surface area contributed by atoms with E-state index in [1.54, 1.807) is 32.9 Å². The number of carbonyl (C=O) groups excluding carboxylic acids is 3. The zero-order valence-corrected chi connectivity index (χ0v) is 26.9. The first kappa shape index (κ1) is 35.1. The molecule has 0 saturated heterocycles. The molecule has 0 saturated carbocycles. The van der Waals surface area contributed by atoms with Crippen LogP contribution in [0.5, 0.6) is 0 Å². The number of aryl methyl sites for hydroxylation is 3. The molecule has 2 atom stereocenters. The van der Waals surface area contributed by atoms with Crippen molar-refractivity contribution in [1.29, 1.82) is 0 Å². The molecule has 0 spiro atoms. The van der Waals surface area contributed by atoms with Crippen LogP contribution < -0.4 is 10.6 Å². The second-order valence-corrected chi connectivity index (χ2v) is 12.3. The van der Waals surface area contributed by atoms with E-state index in [-0.39, 0.29) is 6.54 Å². The van der Waals surface area contributed by atoms with Crippen molar-refractivity contribution in [3.05, 3.63) is 63.7 Å². The fourth-order valence-electron chi connectivity index (χ4n) is 4.65. The smallest absolute Gasteiger partial charge is 0.408 e. The molecule has 2 unspecified atom stereocenters. The first-order valence-electron chi connectivity index (χ1n) is 14.8. The number of benzene rings is 2. The second-order valence-electron chi connectivity index (χ2n) is 11.8. The predicted molar refractivity (Wildman–Crippen MR) is 169 cm³/mol. The Balaban J connectivity index is 2.53. The molecule has 0 aromatic heterocycles. The molecule has 9 heteroatoms. The van der Waals surface area contributed by atoms with Gasteiger partial charge in [-0.3, -0.25) is 9.59 Å². The van der Waals surface area contributed by atoms with E-state index >= 15 is 0 Å². The number of halogens is 1. The monoisotopic (exact) mass is 601 g/mol. The first-order valence-corrected chi connectivity index (χ1v) is 15.2. The van der Waals surface area contributed by atoms with Crippen LogP contribution in [0.4, 0.5) is 10.5 Å². The van der Waals surface area contributed by atoms with E-state index in [4.69, 9.17) is 16.3 Å². The number of rotatable bonds is 14. The van der Waals surface area contributed by atoms with Gasteiger partial charge in [0.1, 0.15) is 17.7 Å². The Morgan fingerprint density at radius 1 is 0.952 bits per heavy atom. The number of para-hydroxylation sites is 1. The Labute approximate surface area is 256 Å². The number of nitrogens with zero attached hydrogens (tertiary/aromatic N) is 1. The number of ether oxygens (including phenoxy) is 1. The summed E-state index contributed by atoms with van der Waals surface area (Å²) in [7, 11) is 0. The molecule has 2 aromatic carbocycles. The number of anilines is 1. The third kappa shape index (κ3) is 10.6. The van der Waals surface area contributed by atoms with E-state index in [1.807, 2.05) is 45.0 Å². The summed E-state index contributed by atoms with van der Waals surface area (Å²) in [5.74, 6) is -1.02. The zero-order valence-electron chi connectivity index (χ0n) is 26.2. The average Bonchev–Trinajstić information content (AvgIpc) is 2.91. The summed E-state index contributed by atoms with van der Waals surface area (Å²) in [4.78, 5) is 42.2. The van der Waals surface area contributed by atoms with Gasteiger partial charge in [0.2, 0.25) is 5.91 Å². The lowest BCUT2D eigenvalue weighted by atomic mass is 9.97. The van der Waals surface area contributed by atoms with Gasteiger partial charge in [-0.2, -0.15) is 0 Å². The number of nitrogens with one attached hydrogen (secondary N) is 2. The van der Waals surface area contributed by atoms with Gasteiger partial charge >= 0.3 is 6.09 Å². The van der Waals surface area contributed by atoms with E-state index in [2.05, 4.69) is 17.6 Å². The van der Waals surface area contributed by atoms with Crippen molar-refractivity contribution in [3.63, 3.8) is 0 Å². The highest BCUT2D eigenvalue weighted by Crippen LogP contribution is 2.30. The van der Waals surface area contributed by atoms with Gasteiger partial charge in [-0.1, -0.05) is 81.0 Å². The molecule has 0 aliphatic heterocycles. The Morgan fingerprint density at radius 2 is 1.62 bits per heavy atom. The van der Waals surface area contributed by atoms with E-state index in [0.29, 0.717) is 22.7 Å². The molecule has 2 aromatic rings. The highest BCUT2D eigenvalue weighted by atomic mass is 35.5. The number of unbranched alkanes of at least 4 members (excludes halogenated alkanes) is 5. The third-order valence-electron chi connectivity index (χ3n) is 7.08. The molecule has 0 aliphatic carbocycles. The third-order valence-corrected chi connectivity index (χ3v) is 7.40. The maximum atomic E-state index is 14.1. The highest BCUT2D eigenvalue weighted by molar-refractivity contribution is 6.34. The second kappa shape index (κ2) is 16.5. The van der Waals surface area contributed by atoms with Crippen molar-refractivity contribution < 1.29 is 24.2 Å². The van der Waals surface area contributed by atoms with Gasteiger partial charge in [-0.25, -0.2) is 4.79 Å². The molecule has 0 radical (unpaired) electrons. The van der Waals surface area contributed by atoms with E-state index in [0.717, 1.165) is 48.8 Å². The number of alkyl carbamates (subject to hydrolysis) is 1. The lowest BCUT2D eigenvalue weighted by Gasteiger charge is -2.34. The van der Waals surface area contributed by atoms with Gasteiger partial charge < -0.3 is 25.4 Å². The van der Waals surface area contributed by atoms with Crippen molar-refractivity contribution in [2.75, 3.05) is 18.5 Å². The molecule has 0 aliphatic rings. The van der Waals surface area contributed by atoms with E-state index < -0.39 is 42.2 Å². The van der Waals surface area contributed by atoms with Crippen molar-refractivity contribution in [3.8, 4) is 0 Å². The molecule has 232 valence electrons. The predicted octanol–water partition coefficient (Wildman–Crippen LogP) is 7.02. The maximum Gasteiger partial charge on any atom is 0.408 e. The molecule has 8 nitrogen and oxygen atoms in total. The van der Waals surface area contributed by atoms with Gasteiger partial charge in [0.25, 0.3) is 5.91 Å². The molecule has 0 heterocycles. The molecule has 0 fully saturated rings. The van der Waals surface area contributed by atoms with Gasteiger partial charge in [0.15, 0.2) is 0 Å². The summed E-state index contributed by atoms with van der Waals surface area (Å²) >= 11 is 6.45. The molecule has 0 bridgehead atoms. The lowest BCUT2D eigenvalue weighted by molar-refractivity contribution is -0.141. The number of carbonyl (C=O) groups is 3. The Morgan fingerprint density at radius 3 is 2.21 bits per heavy atom. The number of aliphatic hydroxyl groups is 1. The van der Waals surface area contributed by atoms with Crippen LogP contribution >= 0.6 is 11.6 Å². The topological polar surface area (TPSA) is 108 Å². The maximum absolute atomic E-state index is 14.1.